The maximum Gasteiger partial charge on any atom is 0.265 e. The number of hydrogen-bond acceptors (Lipinski definition) is 3. The molecule has 3 aromatic rings. The molecule has 0 aromatic heterocycles. The fourth-order valence-electron chi connectivity index (χ4n) is 3.67. The van der Waals surface area contributed by atoms with Gasteiger partial charge in [-0.05, 0) is 42.0 Å². The molecule has 0 fully saturated rings. The summed E-state index contributed by atoms with van der Waals surface area (Å²) in [5.41, 5.74) is 2.78. The number of carbonyl (C=O) groups is 1. The predicted molar refractivity (Wildman–Crippen MR) is 111 cm³/mol. The van der Waals surface area contributed by atoms with E-state index in [-0.39, 0.29) is 23.4 Å². The van der Waals surface area contributed by atoms with Crippen molar-refractivity contribution in [3.8, 4) is 0 Å². The first-order valence-electron chi connectivity index (χ1n) is 9.34. The number of anilines is 1. The van der Waals surface area contributed by atoms with E-state index in [0.717, 1.165) is 17.4 Å². The van der Waals surface area contributed by atoms with Gasteiger partial charge in [-0.3, -0.25) is 9.10 Å². The lowest BCUT2D eigenvalue weighted by Crippen LogP contribution is -2.39. The number of rotatable bonds is 5. The molecule has 5 nitrogen and oxygen atoms in total. The minimum Gasteiger partial charge on any atom is -0.348 e. The molecule has 28 heavy (non-hydrogen) atoms. The minimum atomic E-state index is -3.73. The second-order valence-electron chi connectivity index (χ2n) is 7.03. The van der Waals surface area contributed by atoms with Crippen LogP contribution in [0.1, 0.15) is 31.0 Å². The van der Waals surface area contributed by atoms with Gasteiger partial charge in [-0.25, -0.2) is 8.42 Å². The Balaban J connectivity index is 1.56. The number of aryl methyl sites for hydroxylation is 1. The van der Waals surface area contributed by atoms with Crippen molar-refractivity contribution < 1.29 is 13.2 Å². The molecule has 144 valence electrons. The van der Waals surface area contributed by atoms with Crippen molar-refractivity contribution in [1.29, 1.82) is 0 Å². The molecule has 1 heterocycles. The maximum atomic E-state index is 13.0. The van der Waals surface area contributed by atoms with Gasteiger partial charge in [0.1, 0.15) is 6.54 Å². The summed E-state index contributed by atoms with van der Waals surface area (Å²) in [5.74, 6) is -0.333. The van der Waals surface area contributed by atoms with Crippen molar-refractivity contribution in [3.63, 3.8) is 0 Å². The van der Waals surface area contributed by atoms with E-state index in [0.29, 0.717) is 11.1 Å². The van der Waals surface area contributed by atoms with E-state index >= 15 is 0 Å². The first-order chi connectivity index (χ1) is 13.4. The Kier molecular flexibility index (Phi) is 4.59. The summed E-state index contributed by atoms with van der Waals surface area (Å²) in [6, 6.07) is 18.5. The smallest absolute Gasteiger partial charge is 0.265 e. The molecule has 1 aliphatic heterocycles. The third kappa shape index (κ3) is 3.03. The summed E-state index contributed by atoms with van der Waals surface area (Å²) in [6.45, 7) is 3.75. The molecule has 3 aromatic carbocycles. The lowest BCUT2D eigenvalue weighted by Gasteiger charge is -2.20. The monoisotopic (exact) mass is 394 g/mol. The summed E-state index contributed by atoms with van der Waals surface area (Å²) in [7, 11) is -3.73. The Hall–Kier alpha value is -2.86. The molecule has 1 amide bonds. The van der Waals surface area contributed by atoms with E-state index in [1.54, 1.807) is 18.2 Å². The van der Waals surface area contributed by atoms with E-state index in [9.17, 15) is 13.2 Å². The van der Waals surface area contributed by atoms with Crippen molar-refractivity contribution in [2.24, 2.45) is 0 Å². The Morgan fingerprint density at radius 2 is 1.71 bits per heavy atom. The predicted octanol–water partition coefficient (Wildman–Crippen LogP) is 3.79. The van der Waals surface area contributed by atoms with Crippen LogP contribution in [0, 0.1) is 0 Å². The van der Waals surface area contributed by atoms with Gasteiger partial charge >= 0.3 is 0 Å². The van der Waals surface area contributed by atoms with E-state index < -0.39 is 10.0 Å². The van der Waals surface area contributed by atoms with Crippen LogP contribution in [0.2, 0.25) is 0 Å². The SMILES string of the molecule is CCc1ccc(C(C)NC(=O)CN2c3cccc4cccc(c34)S2(=O)=O)cc1. The van der Waals surface area contributed by atoms with Crippen LogP contribution in [0.4, 0.5) is 5.69 Å². The number of sulfonamides is 1. The van der Waals surface area contributed by atoms with Crippen molar-refractivity contribution >= 4 is 32.4 Å². The first kappa shape index (κ1) is 18.5. The van der Waals surface area contributed by atoms with Crippen molar-refractivity contribution in [2.45, 2.75) is 31.2 Å². The van der Waals surface area contributed by atoms with Gasteiger partial charge in [-0.15, -0.1) is 0 Å². The summed E-state index contributed by atoms with van der Waals surface area (Å²) in [6.07, 6.45) is 0.958. The molecule has 1 atom stereocenters. The second-order valence-corrected chi connectivity index (χ2v) is 8.86. The van der Waals surface area contributed by atoms with Gasteiger partial charge in [-0.1, -0.05) is 55.5 Å². The number of amides is 1. The van der Waals surface area contributed by atoms with Crippen LogP contribution in [-0.2, 0) is 21.2 Å². The van der Waals surface area contributed by atoms with Crippen molar-refractivity contribution in [1.82, 2.24) is 5.32 Å². The van der Waals surface area contributed by atoms with E-state index in [2.05, 4.69) is 12.2 Å². The molecule has 1 N–H and O–H groups in total. The van der Waals surface area contributed by atoms with Crippen LogP contribution in [0.15, 0.2) is 65.6 Å². The summed E-state index contributed by atoms with van der Waals surface area (Å²) in [4.78, 5) is 12.9. The van der Waals surface area contributed by atoms with E-state index in [1.807, 2.05) is 49.4 Å². The molecular formula is C22H22N2O3S. The Morgan fingerprint density at radius 1 is 1.04 bits per heavy atom. The van der Waals surface area contributed by atoms with Crippen molar-refractivity contribution in [3.05, 3.63) is 71.8 Å². The largest absolute Gasteiger partial charge is 0.348 e. The number of hydrogen-bond donors (Lipinski definition) is 1. The van der Waals surface area contributed by atoms with Crippen LogP contribution in [0.5, 0.6) is 0 Å². The quantitative estimate of drug-likeness (QED) is 0.716. The Labute approximate surface area is 165 Å². The van der Waals surface area contributed by atoms with E-state index in [4.69, 9.17) is 0 Å². The summed E-state index contributed by atoms with van der Waals surface area (Å²) in [5, 5.41) is 4.45. The average molecular weight is 394 g/mol. The van der Waals surface area contributed by atoms with Gasteiger partial charge in [0.2, 0.25) is 5.91 Å². The fraction of sp³-hybridized carbons (Fsp3) is 0.227. The number of nitrogens with zero attached hydrogens (tertiary/aromatic N) is 1. The van der Waals surface area contributed by atoms with Gasteiger partial charge in [0.05, 0.1) is 16.6 Å². The molecule has 4 rings (SSSR count). The molecule has 0 saturated carbocycles. The molecule has 6 heteroatoms. The highest BCUT2D eigenvalue weighted by molar-refractivity contribution is 7.93. The lowest BCUT2D eigenvalue weighted by atomic mass is 10.1. The fourth-order valence-corrected chi connectivity index (χ4v) is 5.34. The van der Waals surface area contributed by atoms with E-state index in [1.165, 1.54) is 9.87 Å². The third-order valence-corrected chi connectivity index (χ3v) is 7.04. The van der Waals surface area contributed by atoms with Crippen molar-refractivity contribution in [2.75, 3.05) is 10.8 Å². The molecular weight excluding hydrogens is 372 g/mol. The standard InChI is InChI=1S/C22H22N2O3S/c1-3-16-10-12-17(13-11-16)15(2)23-21(25)14-24-19-8-4-6-18-7-5-9-20(22(18)19)28(24,26)27/h4-13,15H,3,14H2,1-2H3,(H,23,25). The molecule has 0 spiro atoms. The maximum absolute atomic E-state index is 13.0. The number of nitrogens with one attached hydrogen (secondary N) is 1. The third-order valence-electron chi connectivity index (χ3n) is 5.23. The average Bonchev–Trinajstić information content (AvgIpc) is 2.91. The second kappa shape index (κ2) is 6.95. The molecule has 0 radical (unpaired) electrons. The molecule has 0 aliphatic carbocycles. The zero-order valence-corrected chi connectivity index (χ0v) is 16.7. The number of benzene rings is 3. The van der Waals surface area contributed by atoms with Crippen LogP contribution < -0.4 is 9.62 Å². The van der Waals surface area contributed by atoms with Crippen LogP contribution >= 0.6 is 0 Å². The van der Waals surface area contributed by atoms with Gasteiger partial charge < -0.3 is 5.32 Å². The zero-order valence-electron chi connectivity index (χ0n) is 15.8. The first-order valence-corrected chi connectivity index (χ1v) is 10.8. The highest BCUT2D eigenvalue weighted by Crippen LogP contribution is 2.41. The topological polar surface area (TPSA) is 66.5 Å². The molecule has 0 saturated heterocycles. The Bertz CT molecular complexity index is 1150. The Morgan fingerprint density at radius 3 is 2.39 bits per heavy atom. The molecule has 0 bridgehead atoms. The van der Waals surface area contributed by atoms with Gasteiger partial charge in [-0.2, -0.15) is 0 Å². The van der Waals surface area contributed by atoms with Gasteiger partial charge in [0.25, 0.3) is 10.0 Å². The molecule has 1 aliphatic rings. The highest BCUT2D eigenvalue weighted by atomic mass is 32.2. The normalized spacial score (nSPS) is 15.6. The van der Waals surface area contributed by atoms with Crippen LogP contribution in [0.3, 0.4) is 0 Å². The zero-order chi connectivity index (χ0) is 19.9. The van der Waals surface area contributed by atoms with Gasteiger partial charge in [0.15, 0.2) is 0 Å². The lowest BCUT2D eigenvalue weighted by molar-refractivity contribution is -0.120. The summed E-state index contributed by atoms with van der Waals surface area (Å²) >= 11 is 0. The minimum absolute atomic E-state index is 0.207. The number of carbonyl (C=O) groups excluding carboxylic acids is 1. The van der Waals surface area contributed by atoms with Gasteiger partial charge in [0, 0.05) is 5.39 Å². The van der Waals surface area contributed by atoms with Crippen LogP contribution in [0.25, 0.3) is 10.8 Å². The van der Waals surface area contributed by atoms with Crippen LogP contribution in [-0.4, -0.2) is 20.9 Å². The molecule has 1 unspecified atom stereocenters. The highest BCUT2D eigenvalue weighted by Gasteiger charge is 2.36. The summed E-state index contributed by atoms with van der Waals surface area (Å²) < 4.78 is 27.1.